The third-order valence-corrected chi connectivity index (χ3v) is 3.65. The Bertz CT molecular complexity index is 407. The summed E-state index contributed by atoms with van der Waals surface area (Å²) in [5.41, 5.74) is -0.705. The molecule has 0 aliphatic rings. The standard InChI is InChI=1S/C16H27NO4/c1-4-16(19,5-2)12-17-10-13(18)11-21-15-9-7-6-8-14(15)20-3/h6-9,13,17-19H,4-5,10-12H2,1-3H3. The topological polar surface area (TPSA) is 71.0 Å². The molecule has 0 aliphatic heterocycles. The van der Waals surface area contributed by atoms with Crippen LogP contribution in [0.25, 0.3) is 0 Å². The molecule has 1 aromatic rings. The number of para-hydroxylation sites is 2. The quantitative estimate of drug-likeness (QED) is 0.611. The Morgan fingerprint density at radius 3 is 2.38 bits per heavy atom. The second-order valence-electron chi connectivity index (χ2n) is 5.18. The minimum atomic E-state index is -0.705. The number of ether oxygens (including phenoxy) is 2. The number of methoxy groups -OCH3 is 1. The molecule has 0 amide bonds. The van der Waals surface area contributed by atoms with Gasteiger partial charge in [0.15, 0.2) is 11.5 Å². The van der Waals surface area contributed by atoms with Crippen molar-refractivity contribution < 1.29 is 19.7 Å². The SMILES string of the molecule is CCC(O)(CC)CNCC(O)COc1ccccc1OC. The van der Waals surface area contributed by atoms with Gasteiger partial charge in [0.2, 0.25) is 0 Å². The number of rotatable bonds is 10. The highest BCUT2D eigenvalue weighted by Gasteiger charge is 2.21. The first-order valence-electron chi connectivity index (χ1n) is 7.41. The third kappa shape index (κ3) is 5.91. The fourth-order valence-electron chi connectivity index (χ4n) is 1.95. The zero-order valence-electron chi connectivity index (χ0n) is 13.1. The number of aliphatic hydroxyl groups excluding tert-OH is 1. The van der Waals surface area contributed by atoms with Crippen molar-refractivity contribution in [1.29, 1.82) is 0 Å². The summed E-state index contributed by atoms with van der Waals surface area (Å²) in [5, 5.41) is 23.1. The summed E-state index contributed by atoms with van der Waals surface area (Å²) in [6.45, 7) is 4.91. The fraction of sp³-hybridized carbons (Fsp3) is 0.625. The summed E-state index contributed by atoms with van der Waals surface area (Å²) in [4.78, 5) is 0. The van der Waals surface area contributed by atoms with Crippen LogP contribution in [0.1, 0.15) is 26.7 Å². The van der Waals surface area contributed by atoms with E-state index in [4.69, 9.17) is 9.47 Å². The van der Waals surface area contributed by atoms with E-state index < -0.39 is 11.7 Å². The summed E-state index contributed by atoms with van der Waals surface area (Å²) >= 11 is 0. The number of benzene rings is 1. The van der Waals surface area contributed by atoms with Crippen molar-refractivity contribution in [2.45, 2.75) is 38.4 Å². The first-order valence-corrected chi connectivity index (χ1v) is 7.41. The summed E-state index contributed by atoms with van der Waals surface area (Å²) in [7, 11) is 1.58. The molecule has 0 saturated heterocycles. The van der Waals surface area contributed by atoms with Crippen molar-refractivity contribution in [2.75, 3.05) is 26.8 Å². The van der Waals surface area contributed by atoms with Gasteiger partial charge in [-0.2, -0.15) is 0 Å². The summed E-state index contributed by atoms with van der Waals surface area (Å²) in [6.07, 6.45) is 0.724. The molecule has 0 radical (unpaired) electrons. The molecule has 5 nitrogen and oxygen atoms in total. The summed E-state index contributed by atoms with van der Waals surface area (Å²) in [5.74, 6) is 1.25. The van der Waals surface area contributed by atoms with Gasteiger partial charge in [0.1, 0.15) is 12.7 Å². The lowest BCUT2D eigenvalue weighted by molar-refractivity contribution is 0.0270. The van der Waals surface area contributed by atoms with Crippen molar-refractivity contribution in [3.63, 3.8) is 0 Å². The molecule has 1 atom stereocenters. The van der Waals surface area contributed by atoms with E-state index in [0.717, 1.165) is 0 Å². The van der Waals surface area contributed by atoms with E-state index in [-0.39, 0.29) is 6.61 Å². The Kier molecular flexibility index (Phi) is 7.50. The van der Waals surface area contributed by atoms with Gasteiger partial charge >= 0.3 is 0 Å². The molecule has 0 aliphatic carbocycles. The zero-order chi connectivity index (χ0) is 15.7. The highest BCUT2D eigenvalue weighted by atomic mass is 16.5. The number of hydrogen-bond donors (Lipinski definition) is 3. The molecule has 120 valence electrons. The van der Waals surface area contributed by atoms with Crippen molar-refractivity contribution in [3.05, 3.63) is 24.3 Å². The van der Waals surface area contributed by atoms with E-state index in [0.29, 0.717) is 37.4 Å². The Morgan fingerprint density at radius 1 is 1.19 bits per heavy atom. The normalized spacial score (nSPS) is 13.0. The largest absolute Gasteiger partial charge is 0.493 e. The van der Waals surface area contributed by atoms with Crippen molar-refractivity contribution in [3.8, 4) is 11.5 Å². The molecule has 0 bridgehead atoms. The van der Waals surface area contributed by atoms with E-state index in [9.17, 15) is 10.2 Å². The van der Waals surface area contributed by atoms with Crippen LogP contribution in [0.4, 0.5) is 0 Å². The van der Waals surface area contributed by atoms with Gasteiger partial charge in [0.05, 0.1) is 12.7 Å². The van der Waals surface area contributed by atoms with Gasteiger partial charge in [0.25, 0.3) is 0 Å². The molecule has 1 aromatic carbocycles. The first-order chi connectivity index (χ1) is 10.0. The predicted octanol–water partition coefficient (Wildman–Crippen LogP) is 1.58. The second kappa shape index (κ2) is 8.87. The number of aliphatic hydroxyl groups is 2. The highest BCUT2D eigenvalue weighted by Crippen LogP contribution is 2.25. The molecule has 5 heteroatoms. The van der Waals surface area contributed by atoms with Crippen molar-refractivity contribution in [1.82, 2.24) is 5.32 Å². The maximum atomic E-state index is 10.1. The Morgan fingerprint density at radius 2 is 1.81 bits per heavy atom. The molecule has 0 fully saturated rings. The predicted molar refractivity (Wildman–Crippen MR) is 82.9 cm³/mol. The lowest BCUT2D eigenvalue weighted by Gasteiger charge is -2.26. The molecule has 0 heterocycles. The van der Waals surface area contributed by atoms with E-state index in [1.54, 1.807) is 13.2 Å². The van der Waals surface area contributed by atoms with Crippen LogP contribution in [0.3, 0.4) is 0 Å². The number of hydrogen-bond acceptors (Lipinski definition) is 5. The van der Waals surface area contributed by atoms with Gasteiger partial charge in [-0.15, -0.1) is 0 Å². The van der Waals surface area contributed by atoms with Crippen molar-refractivity contribution >= 4 is 0 Å². The van der Waals surface area contributed by atoms with Gasteiger partial charge in [0, 0.05) is 13.1 Å². The van der Waals surface area contributed by atoms with Crippen LogP contribution in [0.2, 0.25) is 0 Å². The van der Waals surface area contributed by atoms with Crippen LogP contribution < -0.4 is 14.8 Å². The average Bonchev–Trinajstić information content (AvgIpc) is 2.52. The van der Waals surface area contributed by atoms with Gasteiger partial charge < -0.3 is 25.0 Å². The molecule has 1 unspecified atom stereocenters. The van der Waals surface area contributed by atoms with E-state index in [1.807, 2.05) is 32.0 Å². The molecular weight excluding hydrogens is 270 g/mol. The average molecular weight is 297 g/mol. The van der Waals surface area contributed by atoms with Crippen LogP contribution in [-0.4, -0.2) is 48.7 Å². The Hall–Kier alpha value is -1.30. The second-order valence-corrected chi connectivity index (χ2v) is 5.18. The van der Waals surface area contributed by atoms with Crippen LogP contribution >= 0.6 is 0 Å². The van der Waals surface area contributed by atoms with E-state index in [1.165, 1.54) is 0 Å². The molecule has 3 N–H and O–H groups in total. The Balaban J connectivity index is 2.33. The monoisotopic (exact) mass is 297 g/mol. The van der Waals surface area contributed by atoms with Crippen LogP contribution in [-0.2, 0) is 0 Å². The van der Waals surface area contributed by atoms with Gasteiger partial charge in [-0.1, -0.05) is 26.0 Å². The minimum absolute atomic E-state index is 0.171. The molecule has 0 spiro atoms. The lowest BCUT2D eigenvalue weighted by atomic mass is 9.97. The van der Waals surface area contributed by atoms with Gasteiger partial charge in [-0.05, 0) is 25.0 Å². The Labute approximate surface area is 126 Å². The molecule has 21 heavy (non-hydrogen) atoms. The number of nitrogens with one attached hydrogen (secondary N) is 1. The summed E-state index contributed by atoms with van der Waals surface area (Å²) in [6, 6.07) is 7.32. The molecule has 1 rings (SSSR count). The molecule has 0 aromatic heterocycles. The van der Waals surface area contributed by atoms with Crippen LogP contribution in [0, 0.1) is 0 Å². The molecule has 0 saturated carbocycles. The van der Waals surface area contributed by atoms with Crippen LogP contribution in [0.15, 0.2) is 24.3 Å². The van der Waals surface area contributed by atoms with E-state index >= 15 is 0 Å². The maximum Gasteiger partial charge on any atom is 0.161 e. The van der Waals surface area contributed by atoms with Gasteiger partial charge in [-0.25, -0.2) is 0 Å². The highest BCUT2D eigenvalue weighted by molar-refractivity contribution is 5.39. The molecular formula is C16H27NO4. The smallest absolute Gasteiger partial charge is 0.161 e. The fourth-order valence-corrected chi connectivity index (χ4v) is 1.95. The zero-order valence-corrected chi connectivity index (χ0v) is 13.1. The maximum absolute atomic E-state index is 10.1. The van der Waals surface area contributed by atoms with E-state index in [2.05, 4.69) is 5.32 Å². The third-order valence-electron chi connectivity index (χ3n) is 3.65. The first kappa shape index (κ1) is 17.8. The summed E-state index contributed by atoms with van der Waals surface area (Å²) < 4.78 is 10.7. The minimum Gasteiger partial charge on any atom is -0.493 e. The van der Waals surface area contributed by atoms with Crippen LogP contribution in [0.5, 0.6) is 11.5 Å². The van der Waals surface area contributed by atoms with Crippen molar-refractivity contribution in [2.24, 2.45) is 0 Å². The van der Waals surface area contributed by atoms with Gasteiger partial charge in [-0.3, -0.25) is 0 Å². The lowest BCUT2D eigenvalue weighted by Crippen LogP contribution is -2.43.